The van der Waals surface area contributed by atoms with Gasteiger partial charge >= 0.3 is 0 Å². The van der Waals surface area contributed by atoms with Crippen LogP contribution in [-0.4, -0.2) is 41.5 Å². The number of hydrogen-bond acceptors (Lipinski definition) is 2. The van der Waals surface area contributed by atoms with E-state index in [0.717, 1.165) is 23.0 Å². The van der Waals surface area contributed by atoms with Crippen LogP contribution in [0.15, 0.2) is 30.5 Å². The lowest BCUT2D eigenvalue weighted by molar-refractivity contribution is 0.0575. The minimum Gasteiger partial charge on any atom is -0.361 e. The van der Waals surface area contributed by atoms with Crippen LogP contribution in [-0.2, 0) is 0 Å². The van der Waals surface area contributed by atoms with Crippen LogP contribution >= 0.6 is 0 Å². The molecule has 2 fully saturated rings. The number of nitrogens with zero attached hydrogens (tertiary/aromatic N) is 1. The number of aromatic nitrogens is 1. The van der Waals surface area contributed by atoms with E-state index >= 15 is 0 Å². The van der Waals surface area contributed by atoms with Crippen LogP contribution in [0.2, 0.25) is 0 Å². The summed E-state index contributed by atoms with van der Waals surface area (Å²) in [5.41, 5.74) is 1.77. The third-order valence-electron chi connectivity index (χ3n) is 5.57. The topological polar surface area (TPSA) is 48.1 Å². The van der Waals surface area contributed by atoms with Gasteiger partial charge in [0, 0.05) is 29.9 Å². The summed E-state index contributed by atoms with van der Waals surface area (Å²) in [4.78, 5) is 18.3. The standard InChI is InChI=1S/C19H25N3O/c23-19(15-7-6-14-8-9-20-17(14)12-15)21-13-16-4-3-11-22-10-2-1-5-18(16)22/h6-9,12,16,18,20H,1-5,10-11,13H2,(H,21,23)/t16-,18+/m0/s1. The highest BCUT2D eigenvalue weighted by molar-refractivity contribution is 5.97. The molecule has 4 heteroatoms. The fraction of sp³-hybridized carbons (Fsp3) is 0.526. The Morgan fingerprint density at radius 1 is 1.17 bits per heavy atom. The highest BCUT2D eigenvalue weighted by Crippen LogP contribution is 2.30. The zero-order valence-corrected chi connectivity index (χ0v) is 13.6. The van der Waals surface area contributed by atoms with Crippen molar-refractivity contribution in [3.05, 3.63) is 36.0 Å². The molecule has 4 rings (SSSR count). The molecule has 2 aliphatic heterocycles. The quantitative estimate of drug-likeness (QED) is 0.915. The highest BCUT2D eigenvalue weighted by atomic mass is 16.1. The molecule has 2 atom stereocenters. The Morgan fingerprint density at radius 2 is 2.09 bits per heavy atom. The minimum atomic E-state index is 0.0504. The Labute approximate surface area is 137 Å². The number of fused-ring (bicyclic) bond motifs is 2. The molecule has 122 valence electrons. The van der Waals surface area contributed by atoms with E-state index < -0.39 is 0 Å². The van der Waals surface area contributed by atoms with Crippen molar-refractivity contribution in [1.29, 1.82) is 0 Å². The molecule has 2 saturated heterocycles. The molecule has 2 aliphatic rings. The second-order valence-electron chi connectivity index (χ2n) is 6.99. The summed E-state index contributed by atoms with van der Waals surface area (Å²) < 4.78 is 0. The summed E-state index contributed by atoms with van der Waals surface area (Å²) in [6, 6.07) is 8.57. The monoisotopic (exact) mass is 311 g/mol. The second-order valence-corrected chi connectivity index (χ2v) is 6.99. The summed E-state index contributed by atoms with van der Waals surface area (Å²) in [6.07, 6.45) is 8.41. The Hall–Kier alpha value is -1.81. The lowest BCUT2D eigenvalue weighted by Crippen LogP contribution is -2.51. The van der Waals surface area contributed by atoms with Crippen molar-refractivity contribution in [3.63, 3.8) is 0 Å². The highest BCUT2D eigenvalue weighted by Gasteiger charge is 2.32. The fourth-order valence-corrected chi connectivity index (χ4v) is 4.33. The SMILES string of the molecule is O=C(NC[C@@H]1CCCN2CCCC[C@H]12)c1ccc2cc[nH]c2c1. The second kappa shape index (κ2) is 6.36. The predicted molar refractivity (Wildman–Crippen MR) is 92.6 cm³/mol. The molecule has 2 aromatic rings. The molecule has 4 nitrogen and oxygen atoms in total. The summed E-state index contributed by atoms with van der Waals surface area (Å²) in [7, 11) is 0. The molecule has 1 aromatic carbocycles. The molecule has 0 spiro atoms. The molecular formula is C19H25N3O. The summed E-state index contributed by atoms with van der Waals surface area (Å²) in [6.45, 7) is 3.31. The fourth-order valence-electron chi connectivity index (χ4n) is 4.33. The molecule has 1 aromatic heterocycles. The molecule has 2 N–H and O–H groups in total. The first-order valence-electron chi connectivity index (χ1n) is 8.91. The van der Waals surface area contributed by atoms with E-state index in [0.29, 0.717) is 12.0 Å². The van der Waals surface area contributed by atoms with E-state index in [2.05, 4.69) is 15.2 Å². The number of H-pyrrole nitrogens is 1. The first-order valence-corrected chi connectivity index (χ1v) is 8.91. The first kappa shape index (κ1) is 14.8. The third kappa shape index (κ3) is 3.00. The summed E-state index contributed by atoms with van der Waals surface area (Å²) in [5, 5.41) is 4.32. The van der Waals surface area contributed by atoms with Crippen molar-refractivity contribution in [2.24, 2.45) is 5.92 Å². The van der Waals surface area contributed by atoms with Gasteiger partial charge in [0.2, 0.25) is 0 Å². The normalized spacial score (nSPS) is 25.2. The Morgan fingerprint density at radius 3 is 3.04 bits per heavy atom. The molecule has 0 bridgehead atoms. The molecular weight excluding hydrogens is 286 g/mol. The summed E-state index contributed by atoms with van der Waals surface area (Å²) >= 11 is 0. The van der Waals surface area contributed by atoms with Gasteiger partial charge in [-0.15, -0.1) is 0 Å². The molecule has 1 amide bonds. The van der Waals surface area contributed by atoms with Crippen LogP contribution in [0.4, 0.5) is 0 Å². The lowest BCUT2D eigenvalue weighted by Gasteiger charge is -2.44. The van der Waals surface area contributed by atoms with Crippen molar-refractivity contribution in [2.75, 3.05) is 19.6 Å². The van der Waals surface area contributed by atoms with E-state index in [1.54, 1.807) is 0 Å². The largest absolute Gasteiger partial charge is 0.361 e. The minimum absolute atomic E-state index is 0.0504. The molecule has 0 unspecified atom stereocenters. The third-order valence-corrected chi connectivity index (χ3v) is 5.57. The molecule has 3 heterocycles. The van der Waals surface area contributed by atoms with E-state index in [1.807, 2.05) is 30.5 Å². The van der Waals surface area contributed by atoms with Gasteiger partial charge in [-0.25, -0.2) is 0 Å². The van der Waals surface area contributed by atoms with Crippen LogP contribution < -0.4 is 5.32 Å². The number of carbonyl (C=O) groups excluding carboxylic acids is 1. The number of rotatable bonds is 3. The molecule has 0 radical (unpaired) electrons. The average molecular weight is 311 g/mol. The van der Waals surface area contributed by atoms with Crippen LogP contribution in [0.25, 0.3) is 10.9 Å². The van der Waals surface area contributed by atoms with E-state index in [9.17, 15) is 4.79 Å². The number of benzene rings is 1. The van der Waals surface area contributed by atoms with Gasteiger partial charge < -0.3 is 15.2 Å². The maximum atomic E-state index is 12.5. The molecule has 0 aliphatic carbocycles. The first-order chi connectivity index (χ1) is 11.3. The zero-order valence-electron chi connectivity index (χ0n) is 13.6. The Bertz CT molecular complexity index is 691. The van der Waals surface area contributed by atoms with Crippen molar-refractivity contribution in [1.82, 2.24) is 15.2 Å². The predicted octanol–water partition coefficient (Wildman–Crippen LogP) is 3.16. The van der Waals surface area contributed by atoms with Gasteiger partial charge in [-0.3, -0.25) is 4.79 Å². The van der Waals surface area contributed by atoms with Crippen LogP contribution in [0, 0.1) is 5.92 Å². The summed E-state index contributed by atoms with van der Waals surface area (Å²) in [5.74, 6) is 0.664. The van der Waals surface area contributed by atoms with Gasteiger partial charge in [0.25, 0.3) is 5.91 Å². The van der Waals surface area contributed by atoms with Gasteiger partial charge in [-0.1, -0.05) is 12.5 Å². The number of carbonyl (C=O) groups is 1. The van der Waals surface area contributed by atoms with Crippen molar-refractivity contribution in [3.8, 4) is 0 Å². The van der Waals surface area contributed by atoms with Crippen LogP contribution in [0.5, 0.6) is 0 Å². The van der Waals surface area contributed by atoms with E-state index in [4.69, 9.17) is 0 Å². The van der Waals surface area contributed by atoms with Gasteiger partial charge in [0.1, 0.15) is 0 Å². The van der Waals surface area contributed by atoms with E-state index in [1.165, 1.54) is 45.2 Å². The maximum Gasteiger partial charge on any atom is 0.251 e. The van der Waals surface area contributed by atoms with Crippen molar-refractivity contribution in [2.45, 2.75) is 38.1 Å². The number of amides is 1. The van der Waals surface area contributed by atoms with Crippen molar-refractivity contribution < 1.29 is 4.79 Å². The maximum absolute atomic E-state index is 12.5. The average Bonchev–Trinajstić information content (AvgIpc) is 3.07. The van der Waals surface area contributed by atoms with Gasteiger partial charge in [0.05, 0.1) is 0 Å². The number of nitrogens with one attached hydrogen (secondary N) is 2. The van der Waals surface area contributed by atoms with Crippen LogP contribution in [0.3, 0.4) is 0 Å². The van der Waals surface area contributed by atoms with Crippen molar-refractivity contribution >= 4 is 16.8 Å². The van der Waals surface area contributed by atoms with Gasteiger partial charge in [-0.05, 0) is 68.3 Å². The lowest BCUT2D eigenvalue weighted by atomic mass is 9.83. The van der Waals surface area contributed by atoms with Gasteiger partial charge in [-0.2, -0.15) is 0 Å². The smallest absolute Gasteiger partial charge is 0.251 e. The van der Waals surface area contributed by atoms with Gasteiger partial charge in [0.15, 0.2) is 0 Å². The van der Waals surface area contributed by atoms with E-state index in [-0.39, 0.29) is 5.91 Å². The zero-order chi connectivity index (χ0) is 15.6. The number of aromatic amines is 1. The molecule has 0 saturated carbocycles. The molecule has 23 heavy (non-hydrogen) atoms. The Kier molecular flexibility index (Phi) is 4.08. The number of piperidine rings is 2. The Balaban J connectivity index is 1.40. The van der Waals surface area contributed by atoms with Crippen LogP contribution in [0.1, 0.15) is 42.5 Å². The number of hydrogen-bond donors (Lipinski definition) is 2.